The molecule has 0 aliphatic heterocycles. The zero-order valence-corrected chi connectivity index (χ0v) is 17.2. The highest BCUT2D eigenvalue weighted by molar-refractivity contribution is 7.99. The minimum atomic E-state index is -2.73. The molecule has 0 atom stereocenters. The van der Waals surface area contributed by atoms with E-state index in [1.807, 2.05) is 57.1 Å². The van der Waals surface area contributed by atoms with Gasteiger partial charge < -0.3 is 4.90 Å². The van der Waals surface area contributed by atoms with Crippen LogP contribution in [0.15, 0.2) is 46.3 Å². The Hall–Kier alpha value is -1.59. The highest BCUT2D eigenvalue weighted by Crippen LogP contribution is 2.36. The Labute approximate surface area is 163 Å². The molecule has 6 heteroatoms. The van der Waals surface area contributed by atoms with E-state index in [0.717, 1.165) is 40.5 Å². The molecule has 0 bridgehead atoms. The van der Waals surface area contributed by atoms with Crippen LogP contribution in [-0.2, 0) is 0 Å². The predicted octanol–water partition coefficient (Wildman–Crippen LogP) is 6.34. The van der Waals surface area contributed by atoms with Crippen molar-refractivity contribution in [3.8, 4) is 0 Å². The van der Waals surface area contributed by atoms with Crippen molar-refractivity contribution < 1.29 is 8.78 Å². The molecule has 0 aromatic heterocycles. The predicted molar refractivity (Wildman–Crippen MR) is 109 cm³/mol. The summed E-state index contributed by atoms with van der Waals surface area (Å²) in [7, 11) is 3.82. The fraction of sp³-hybridized carbons (Fsp3) is 0.350. The minimum Gasteiger partial charge on any atom is -0.362 e. The van der Waals surface area contributed by atoms with Crippen LogP contribution < -0.4 is 0 Å². The molecular formula is C20H23ClF2N2S. The molecule has 2 rings (SSSR count). The minimum absolute atomic E-state index is 0.281. The molecule has 0 amide bonds. The maximum Gasteiger partial charge on any atom is 0.254 e. The van der Waals surface area contributed by atoms with Gasteiger partial charge in [-0.3, -0.25) is 0 Å². The van der Waals surface area contributed by atoms with Gasteiger partial charge in [-0.05, 0) is 31.5 Å². The highest BCUT2D eigenvalue weighted by atomic mass is 35.5. The first kappa shape index (κ1) is 20.7. The van der Waals surface area contributed by atoms with Crippen LogP contribution in [0.25, 0.3) is 0 Å². The summed E-state index contributed by atoms with van der Waals surface area (Å²) in [4.78, 5) is 7.38. The number of thioether (sulfide) groups is 1. The normalized spacial score (nSPS) is 12.4. The molecule has 2 aromatic carbocycles. The van der Waals surface area contributed by atoms with Crippen molar-refractivity contribution in [2.45, 2.75) is 31.6 Å². The summed E-state index contributed by atoms with van der Waals surface area (Å²) in [6, 6.07) is 11.6. The zero-order valence-electron chi connectivity index (χ0n) is 15.6. The van der Waals surface area contributed by atoms with Crippen LogP contribution >= 0.6 is 23.4 Å². The van der Waals surface area contributed by atoms with E-state index in [4.69, 9.17) is 16.6 Å². The van der Waals surface area contributed by atoms with E-state index in [1.54, 1.807) is 12.1 Å². The van der Waals surface area contributed by atoms with Crippen LogP contribution in [-0.4, -0.2) is 36.5 Å². The van der Waals surface area contributed by atoms with Crippen molar-refractivity contribution in [3.63, 3.8) is 0 Å². The SMILES string of the molecule is Cc1ccc(C(=Nc2cc(SCC(C)(F)F)c(C)cc2Cl)N(C)C)cc1. The topological polar surface area (TPSA) is 15.6 Å². The van der Waals surface area contributed by atoms with Crippen molar-refractivity contribution in [1.82, 2.24) is 4.90 Å². The lowest BCUT2D eigenvalue weighted by Gasteiger charge is -2.17. The van der Waals surface area contributed by atoms with Gasteiger partial charge in [-0.1, -0.05) is 41.4 Å². The molecular weight excluding hydrogens is 374 g/mol. The number of aliphatic imine (C=N–C) groups is 1. The van der Waals surface area contributed by atoms with Gasteiger partial charge in [-0.25, -0.2) is 13.8 Å². The fourth-order valence-electron chi connectivity index (χ4n) is 2.33. The molecule has 140 valence electrons. The number of halogens is 3. The van der Waals surface area contributed by atoms with Crippen molar-refractivity contribution in [3.05, 3.63) is 58.1 Å². The molecule has 0 unspecified atom stereocenters. The summed E-state index contributed by atoms with van der Waals surface area (Å²) in [5.41, 5.74) is 3.57. The van der Waals surface area contributed by atoms with Gasteiger partial charge in [0.25, 0.3) is 5.92 Å². The molecule has 0 spiro atoms. The van der Waals surface area contributed by atoms with E-state index in [-0.39, 0.29) is 5.75 Å². The number of hydrogen-bond donors (Lipinski definition) is 0. The van der Waals surface area contributed by atoms with Gasteiger partial charge in [-0.2, -0.15) is 0 Å². The lowest BCUT2D eigenvalue weighted by molar-refractivity contribution is 0.0492. The van der Waals surface area contributed by atoms with Crippen LogP contribution in [0.1, 0.15) is 23.6 Å². The average Bonchev–Trinajstić information content (AvgIpc) is 2.53. The number of nitrogens with zero attached hydrogens (tertiary/aromatic N) is 2. The third-order valence-electron chi connectivity index (χ3n) is 3.69. The van der Waals surface area contributed by atoms with E-state index >= 15 is 0 Å². The Morgan fingerprint density at radius 2 is 1.77 bits per heavy atom. The second-order valence-corrected chi connectivity index (χ2v) is 8.05. The third kappa shape index (κ3) is 5.71. The third-order valence-corrected chi connectivity index (χ3v) is 5.39. The number of alkyl halides is 2. The Balaban J connectivity index is 2.44. The van der Waals surface area contributed by atoms with Crippen molar-refractivity contribution in [2.75, 3.05) is 19.8 Å². The average molecular weight is 397 g/mol. The molecule has 0 radical (unpaired) electrons. The van der Waals surface area contributed by atoms with E-state index in [2.05, 4.69) is 0 Å². The summed E-state index contributed by atoms with van der Waals surface area (Å²) < 4.78 is 26.4. The summed E-state index contributed by atoms with van der Waals surface area (Å²) in [6.45, 7) is 4.81. The fourth-order valence-corrected chi connectivity index (χ4v) is 3.48. The molecule has 0 heterocycles. The maximum atomic E-state index is 13.2. The number of rotatable bonds is 5. The van der Waals surface area contributed by atoms with Crippen LogP contribution in [0.4, 0.5) is 14.5 Å². The lowest BCUT2D eigenvalue weighted by atomic mass is 10.1. The van der Waals surface area contributed by atoms with Gasteiger partial charge in [0, 0.05) is 31.5 Å². The lowest BCUT2D eigenvalue weighted by Crippen LogP contribution is -2.22. The Kier molecular flexibility index (Phi) is 6.69. The molecule has 0 aliphatic rings. The second-order valence-electron chi connectivity index (χ2n) is 6.62. The highest BCUT2D eigenvalue weighted by Gasteiger charge is 2.22. The van der Waals surface area contributed by atoms with Gasteiger partial charge in [0.1, 0.15) is 5.84 Å². The van der Waals surface area contributed by atoms with Crippen LogP contribution in [0.2, 0.25) is 5.02 Å². The van der Waals surface area contributed by atoms with Gasteiger partial charge in [0.05, 0.1) is 16.5 Å². The van der Waals surface area contributed by atoms with E-state index in [9.17, 15) is 8.78 Å². The number of amidine groups is 1. The molecule has 0 N–H and O–H groups in total. The summed E-state index contributed by atoms with van der Waals surface area (Å²) in [6.07, 6.45) is 0. The number of aryl methyl sites for hydroxylation is 2. The van der Waals surface area contributed by atoms with Gasteiger partial charge >= 0.3 is 0 Å². The first-order chi connectivity index (χ1) is 12.1. The van der Waals surface area contributed by atoms with E-state index < -0.39 is 5.92 Å². The van der Waals surface area contributed by atoms with Crippen LogP contribution in [0.5, 0.6) is 0 Å². The van der Waals surface area contributed by atoms with Gasteiger partial charge in [0.2, 0.25) is 0 Å². The van der Waals surface area contributed by atoms with Crippen LogP contribution in [0, 0.1) is 13.8 Å². The van der Waals surface area contributed by atoms with Crippen LogP contribution in [0.3, 0.4) is 0 Å². The molecule has 0 saturated carbocycles. The van der Waals surface area contributed by atoms with Crippen molar-refractivity contribution >= 4 is 34.9 Å². The molecule has 0 saturated heterocycles. The second kappa shape index (κ2) is 8.40. The van der Waals surface area contributed by atoms with Gasteiger partial charge in [-0.15, -0.1) is 11.8 Å². The quantitative estimate of drug-likeness (QED) is 0.332. The first-order valence-corrected chi connectivity index (χ1v) is 9.57. The van der Waals surface area contributed by atoms with Gasteiger partial charge in [0.15, 0.2) is 0 Å². The molecule has 2 nitrogen and oxygen atoms in total. The van der Waals surface area contributed by atoms with Crippen molar-refractivity contribution in [1.29, 1.82) is 0 Å². The maximum absolute atomic E-state index is 13.2. The molecule has 0 fully saturated rings. The van der Waals surface area contributed by atoms with Crippen molar-refractivity contribution in [2.24, 2.45) is 4.99 Å². The standard InChI is InChI=1S/C20H23ClF2N2S/c1-13-6-8-15(9-7-13)19(25(4)5)24-17-11-18(14(2)10-16(17)21)26-12-20(3,22)23/h6-11H,12H2,1-5H3. The Bertz CT molecular complexity index is 797. The van der Waals surface area contributed by atoms with E-state index in [0.29, 0.717) is 10.7 Å². The monoisotopic (exact) mass is 396 g/mol. The number of benzene rings is 2. The molecule has 0 aliphatic carbocycles. The largest absolute Gasteiger partial charge is 0.362 e. The Morgan fingerprint density at radius 3 is 2.31 bits per heavy atom. The zero-order chi connectivity index (χ0) is 19.5. The number of hydrogen-bond acceptors (Lipinski definition) is 2. The smallest absolute Gasteiger partial charge is 0.254 e. The molecule has 26 heavy (non-hydrogen) atoms. The Morgan fingerprint density at radius 1 is 1.15 bits per heavy atom. The van der Waals surface area contributed by atoms with E-state index in [1.165, 1.54) is 5.56 Å². The molecule has 2 aromatic rings. The summed E-state index contributed by atoms with van der Waals surface area (Å²) in [5, 5.41) is 0.501. The summed E-state index contributed by atoms with van der Waals surface area (Å²) >= 11 is 7.49. The first-order valence-electron chi connectivity index (χ1n) is 8.20. The summed E-state index contributed by atoms with van der Waals surface area (Å²) in [5.74, 6) is -2.25.